The Bertz CT molecular complexity index is 1610. The Morgan fingerprint density at radius 1 is 0.897 bits per heavy atom. The van der Waals surface area contributed by atoms with E-state index < -0.39 is 10.0 Å². The number of amides is 1. The first-order valence-corrected chi connectivity index (χ1v) is 15.5. The van der Waals surface area contributed by atoms with Crippen LogP contribution < -0.4 is 0 Å². The molecule has 1 fully saturated rings. The number of thiophene rings is 1. The molecular weight excluding hydrogens is 533 g/mol. The second-order valence-electron chi connectivity index (χ2n) is 10.1. The van der Waals surface area contributed by atoms with E-state index >= 15 is 0 Å². The first kappa shape index (κ1) is 26.1. The molecule has 202 valence electrons. The molecule has 0 N–H and O–H groups in total. The van der Waals surface area contributed by atoms with Crippen LogP contribution in [0.5, 0.6) is 0 Å². The van der Waals surface area contributed by atoms with E-state index in [1.165, 1.54) is 20.8 Å². The zero-order chi connectivity index (χ0) is 27.0. The molecule has 6 nitrogen and oxygen atoms in total. The topological polar surface area (TPSA) is 60.9 Å². The zero-order valence-electron chi connectivity index (χ0n) is 21.5. The van der Waals surface area contributed by atoms with Crippen molar-refractivity contribution in [2.24, 2.45) is 0 Å². The van der Waals surface area contributed by atoms with Crippen molar-refractivity contribution in [2.45, 2.75) is 23.8 Å². The highest BCUT2D eigenvalue weighted by Crippen LogP contribution is 2.38. The first-order valence-electron chi connectivity index (χ1n) is 13.2. The van der Waals surface area contributed by atoms with E-state index in [4.69, 9.17) is 0 Å². The third kappa shape index (κ3) is 5.24. The highest BCUT2D eigenvalue weighted by Gasteiger charge is 2.32. The Morgan fingerprint density at radius 3 is 2.49 bits per heavy atom. The van der Waals surface area contributed by atoms with E-state index in [-0.39, 0.29) is 35.8 Å². The molecule has 9 heteroatoms. The maximum atomic E-state index is 14.1. The summed E-state index contributed by atoms with van der Waals surface area (Å²) in [5.74, 6) is -0.241. The second kappa shape index (κ2) is 10.8. The number of sulfonamides is 1. The minimum atomic E-state index is -3.64. The number of hydrogen-bond acceptors (Lipinski definition) is 5. The summed E-state index contributed by atoms with van der Waals surface area (Å²) in [7, 11) is -3.64. The molecule has 4 aromatic rings. The van der Waals surface area contributed by atoms with Gasteiger partial charge in [0.25, 0.3) is 0 Å². The normalized spacial score (nSPS) is 18.8. The zero-order valence-corrected chi connectivity index (χ0v) is 23.1. The fraction of sp³-hybridized carbons (Fsp3) is 0.300. The van der Waals surface area contributed by atoms with E-state index in [1.54, 1.807) is 40.5 Å². The van der Waals surface area contributed by atoms with Crippen molar-refractivity contribution < 1.29 is 17.6 Å². The lowest BCUT2D eigenvalue weighted by atomic mass is 9.93. The predicted octanol–water partition coefficient (Wildman–Crippen LogP) is 4.91. The number of fused-ring (bicyclic) bond motifs is 2. The Balaban J connectivity index is 1.09. The van der Waals surface area contributed by atoms with E-state index in [0.717, 1.165) is 29.3 Å². The van der Waals surface area contributed by atoms with Gasteiger partial charge >= 0.3 is 0 Å². The summed E-state index contributed by atoms with van der Waals surface area (Å²) < 4.78 is 42.2. The molecule has 0 bridgehead atoms. The van der Waals surface area contributed by atoms with Crippen molar-refractivity contribution in [1.82, 2.24) is 14.1 Å². The van der Waals surface area contributed by atoms with Crippen LogP contribution in [0.25, 0.3) is 10.8 Å². The molecule has 0 saturated carbocycles. The van der Waals surface area contributed by atoms with E-state index in [1.807, 2.05) is 36.4 Å². The van der Waals surface area contributed by atoms with Gasteiger partial charge in [-0.05, 0) is 64.0 Å². The lowest BCUT2D eigenvalue weighted by molar-refractivity contribution is -0.132. The summed E-state index contributed by atoms with van der Waals surface area (Å²) in [5, 5.41) is 3.96. The molecule has 0 aliphatic carbocycles. The number of piperazine rings is 1. The fourth-order valence-electron chi connectivity index (χ4n) is 5.73. The fourth-order valence-corrected chi connectivity index (χ4v) is 8.09. The molecule has 2 aliphatic heterocycles. The van der Waals surface area contributed by atoms with Crippen LogP contribution >= 0.6 is 11.3 Å². The average Bonchev–Trinajstić information content (AvgIpc) is 3.44. The van der Waals surface area contributed by atoms with Gasteiger partial charge in [-0.15, -0.1) is 11.3 Å². The van der Waals surface area contributed by atoms with Gasteiger partial charge in [0.15, 0.2) is 0 Å². The number of carbonyl (C=O) groups is 1. The van der Waals surface area contributed by atoms with Crippen LogP contribution in [0.3, 0.4) is 0 Å². The van der Waals surface area contributed by atoms with E-state index in [0.29, 0.717) is 26.1 Å². The predicted molar refractivity (Wildman–Crippen MR) is 152 cm³/mol. The summed E-state index contributed by atoms with van der Waals surface area (Å²) in [6.07, 6.45) is 1.25. The van der Waals surface area contributed by atoms with Crippen LogP contribution in [-0.4, -0.2) is 67.7 Å². The number of benzene rings is 3. The molecule has 3 heterocycles. The minimum absolute atomic E-state index is 0.0202. The van der Waals surface area contributed by atoms with Gasteiger partial charge in [-0.1, -0.05) is 42.5 Å². The number of nitrogens with zero attached hydrogens (tertiary/aromatic N) is 3. The van der Waals surface area contributed by atoms with Crippen molar-refractivity contribution in [3.63, 3.8) is 0 Å². The molecule has 1 amide bonds. The maximum absolute atomic E-state index is 14.1. The van der Waals surface area contributed by atoms with Crippen LogP contribution in [0, 0.1) is 5.82 Å². The monoisotopic (exact) mass is 563 g/mol. The summed E-state index contributed by atoms with van der Waals surface area (Å²) in [6, 6.07) is 21.7. The van der Waals surface area contributed by atoms with Crippen LogP contribution in [0.2, 0.25) is 0 Å². The van der Waals surface area contributed by atoms with Crippen LogP contribution in [-0.2, 0) is 21.2 Å². The van der Waals surface area contributed by atoms with Gasteiger partial charge in [-0.2, -0.15) is 4.31 Å². The number of rotatable bonds is 6. The lowest BCUT2D eigenvalue weighted by Gasteiger charge is -2.37. The number of halogens is 1. The van der Waals surface area contributed by atoms with E-state index in [9.17, 15) is 17.6 Å². The van der Waals surface area contributed by atoms with Gasteiger partial charge < -0.3 is 4.90 Å². The van der Waals surface area contributed by atoms with Crippen molar-refractivity contribution >= 4 is 38.0 Å². The highest BCUT2D eigenvalue weighted by molar-refractivity contribution is 7.89. The summed E-state index contributed by atoms with van der Waals surface area (Å²) in [5.41, 5.74) is 2.09. The quantitative estimate of drug-likeness (QED) is 0.335. The SMILES string of the molecule is O=C(CCN1CCc2sccc2[C@H]1c1cccc(F)c1)N1CCN(S(=O)(=O)c2ccc3ccccc3c2)CC1. The average molecular weight is 564 g/mol. The molecule has 1 atom stereocenters. The Kier molecular flexibility index (Phi) is 7.24. The molecule has 1 saturated heterocycles. The lowest BCUT2D eigenvalue weighted by Crippen LogP contribution is -2.51. The smallest absolute Gasteiger partial charge is 0.243 e. The number of hydrogen-bond donors (Lipinski definition) is 0. The third-order valence-electron chi connectivity index (χ3n) is 7.79. The molecule has 6 rings (SSSR count). The minimum Gasteiger partial charge on any atom is -0.340 e. The van der Waals surface area contributed by atoms with E-state index in [2.05, 4.69) is 16.3 Å². The van der Waals surface area contributed by atoms with Crippen molar-refractivity contribution in [1.29, 1.82) is 0 Å². The van der Waals surface area contributed by atoms with Crippen LogP contribution in [0.1, 0.15) is 28.5 Å². The Hall–Kier alpha value is -3.11. The van der Waals surface area contributed by atoms with Gasteiger partial charge in [-0.3, -0.25) is 9.69 Å². The maximum Gasteiger partial charge on any atom is 0.243 e. The molecule has 39 heavy (non-hydrogen) atoms. The molecule has 0 radical (unpaired) electrons. The Morgan fingerprint density at radius 2 is 1.69 bits per heavy atom. The molecule has 2 aliphatic rings. The van der Waals surface area contributed by atoms with Crippen molar-refractivity contribution in [2.75, 3.05) is 39.3 Å². The summed E-state index contributed by atoms with van der Waals surface area (Å²) in [4.78, 5) is 18.8. The van der Waals surface area contributed by atoms with Gasteiger partial charge in [0.05, 0.1) is 10.9 Å². The molecule has 0 unspecified atom stereocenters. The summed E-state index contributed by atoms with van der Waals surface area (Å²) in [6.45, 7) is 2.65. The van der Waals surface area contributed by atoms with Gasteiger partial charge in [0, 0.05) is 50.6 Å². The standard InChI is InChI=1S/C30H30FN3O3S2/c31-25-7-3-6-24(20-25)30-27-12-19-38-28(27)10-13-33(30)14-11-29(35)32-15-17-34(18-16-32)39(36,37)26-9-8-22-4-1-2-5-23(22)21-26/h1-9,12,19-21,30H,10-11,13-18H2/t30-/m1/s1. The van der Waals surface area contributed by atoms with Crippen molar-refractivity contribution in [3.05, 3.63) is 100.0 Å². The van der Waals surface area contributed by atoms with Crippen LogP contribution in [0.4, 0.5) is 4.39 Å². The van der Waals surface area contributed by atoms with Crippen LogP contribution in [0.15, 0.2) is 83.1 Å². The highest BCUT2D eigenvalue weighted by atomic mass is 32.2. The second-order valence-corrected chi connectivity index (χ2v) is 13.0. The molecular formula is C30H30FN3O3S2. The molecule has 3 aromatic carbocycles. The van der Waals surface area contributed by atoms with Crippen molar-refractivity contribution in [3.8, 4) is 0 Å². The van der Waals surface area contributed by atoms with Gasteiger partial charge in [-0.25, -0.2) is 12.8 Å². The Labute approximate surface area is 232 Å². The largest absolute Gasteiger partial charge is 0.340 e. The number of carbonyl (C=O) groups excluding carboxylic acids is 1. The van der Waals surface area contributed by atoms with Gasteiger partial charge in [0.1, 0.15) is 5.82 Å². The first-order chi connectivity index (χ1) is 18.9. The third-order valence-corrected chi connectivity index (χ3v) is 10.7. The molecule has 0 spiro atoms. The van der Waals surface area contributed by atoms with Gasteiger partial charge in [0.2, 0.25) is 15.9 Å². The summed E-state index contributed by atoms with van der Waals surface area (Å²) >= 11 is 1.73. The molecule has 1 aromatic heterocycles.